The molecule has 24 heavy (non-hydrogen) atoms. The molecule has 2 aromatic rings. The lowest BCUT2D eigenvalue weighted by atomic mass is 10.0. The third kappa shape index (κ3) is 2.79. The van der Waals surface area contributed by atoms with E-state index in [0.717, 1.165) is 38.1 Å². The summed E-state index contributed by atoms with van der Waals surface area (Å²) in [6, 6.07) is 8.41. The molecule has 1 aromatic heterocycles. The molecular formula is C19H23N3O2. The smallest absolute Gasteiger partial charge is 0.226 e. The van der Waals surface area contributed by atoms with Gasteiger partial charge in [-0.15, -0.1) is 0 Å². The number of carbonyl (C=O) groups excluding carboxylic acids is 1. The number of nitrogens with zero attached hydrogens (tertiary/aromatic N) is 3. The van der Waals surface area contributed by atoms with Gasteiger partial charge in [0.15, 0.2) is 0 Å². The molecule has 3 atom stereocenters. The molecule has 126 valence electrons. The van der Waals surface area contributed by atoms with Crippen LogP contribution in [0.25, 0.3) is 0 Å². The molecule has 2 heterocycles. The normalized spacial score (nSPS) is 26.2. The molecule has 0 radical (unpaired) electrons. The first-order valence-electron chi connectivity index (χ1n) is 8.67. The Morgan fingerprint density at radius 1 is 1.33 bits per heavy atom. The van der Waals surface area contributed by atoms with Crippen molar-refractivity contribution >= 4 is 5.91 Å². The summed E-state index contributed by atoms with van der Waals surface area (Å²) in [5, 5.41) is 0. The van der Waals surface area contributed by atoms with Crippen LogP contribution in [-0.4, -0.2) is 40.6 Å². The molecule has 0 spiro atoms. The topological polar surface area (TPSA) is 47.4 Å². The Morgan fingerprint density at radius 3 is 3.00 bits per heavy atom. The lowest BCUT2D eigenvalue weighted by molar-refractivity contribution is -0.134. The Bertz CT molecular complexity index is 713. The van der Waals surface area contributed by atoms with Crippen LogP contribution in [0, 0.1) is 5.92 Å². The van der Waals surface area contributed by atoms with Crippen molar-refractivity contribution in [3.05, 3.63) is 48.5 Å². The number of ether oxygens (including phenoxy) is 1. The first kappa shape index (κ1) is 15.2. The first-order valence-corrected chi connectivity index (χ1v) is 8.67. The molecule has 5 nitrogen and oxygen atoms in total. The van der Waals surface area contributed by atoms with E-state index >= 15 is 0 Å². The lowest BCUT2D eigenvalue weighted by Gasteiger charge is -2.33. The van der Waals surface area contributed by atoms with E-state index < -0.39 is 0 Å². The third-order valence-electron chi connectivity index (χ3n) is 5.30. The highest BCUT2D eigenvalue weighted by molar-refractivity contribution is 5.83. The van der Waals surface area contributed by atoms with E-state index in [0.29, 0.717) is 17.9 Å². The number of amides is 1. The summed E-state index contributed by atoms with van der Waals surface area (Å²) in [7, 11) is 1.69. The van der Waals surface area contributed by atoms with E-state index in [1.807, 2.05) is 35.6 Å². The van der Waals surface area contributed by atoms with E-state index in [-0.39, 0.29) is 5.92 Å². The Morgan fingerprint density at radius 2 is 2.21 bits per heavy atom. The van der Waals surface area contributed by atoms with Crippen LogP contribution in [-0.2, 0) is 4.79 Å². The van der Waals surface area contributed by atoms with E-state index in [9.17, 15) is 4.79 Å². The average molecular weight is 325 g/mol. The van der Waals surface area contributed by atoms with Gasteiger partial charge in [0.05, 0.1) is 19.5 Å². The molecule has 2 fully saturated rings. The maximum absolute atomic E-state index is 12.9. The molecule has 3 unspecified atom stereocenters. The van der Waals surface area contributed by atoms with Gasteiger partial charge in [-0.25, -0.2) is 4.98 Å². The molecule has 0 bridgehead atoms. The Labute approximate surface area is 142 Å². The van der Waals surface area contributed by atoms with Crippen LogP contribution in [0.3, 0.4) is 0 Å². The zero-order valence-electron chi connectivity index (χ0n) is 14.0. The second kappa shape index (κ2) is 6.30. The number of imidazole rings is 1. The van der Waals surface area contributed by atoms with Gasteiger partial charge in [-0.1, -0.05) is 18.2 Å². The SMILES string of the molecule is COc1ccccc1C1CC1C(=O)N1CCCC(n2ccnc2)C1. The highest BCUT2D eigenvalue weighted by Crippen LogP contribution is 2.51. The lowest BCUT2D eigenvalue weighted by Crippen LogP contribution is -2.41. The van der Waals surface area contributed by atoms with Crippen LogP contribution >= 0.6 is 0 Å². The van der Waals surface area contributed by atoms with Crippen molar-refractivity contribution in [3.8, 4) is 5.75 Å². The fourth-order valence-electron chi connectivity index (χ4n) is 3.90. The number of benzene rings is 1. The molecule has 1 saturated carbocycles. The number of carbonyl (C=O) groups is 1. The highest BCUT2D eigenvalue weighted by Gasteiger charge is 2.47. The number of hydrogen-bond acceptors (Lipinski definition) is 3. The number of para-hydroxylation sites is 1. The number of likely N-dealkylation sites (tertiary alicyclic amines) is 1. The molecule has 1 aliphatic carbocycles. The molecule has 1 aliphatic heterocycles. The molecule has 5 heteroatoms. The van der Waals surface area contributed by atoms with Crippen molar-refractivity contribution < 1.29 is 9.53 Å². The Kier molecular flexibility index (Phi) is 4.00. The number of hydrogen-bond donors (Lipinski definition) is 0. The Balaban J connectivity index is 1.43. The monoisotopic (exact) mass is 325 g/mol. The second-order valence-corrected chi connectivity index (χ2v) is 6.78. The van der Waals surface area contributed by atoms with Gasteiger partial charge in [0.2, 0.25) is 5.91 Å². The van der Waals surface area contributed by atoms with Crippen LogP contribution in [0.15, 0.2) is 43.0 Å². The predicted molar refractivity (Wildman–Crippen MR) is 90.9 cm³/mol. The highest BCUT2D eigenvalue weighted by atomic mass is 16.5. The number of piperidine rings is 1. The van der Waals surface area contributed by atoms with Crippen LogP contribution in [0.2, 0.25) is 0 Å². The van der Waals surface area contributed by atoms with Crippen molar-refractivity contribution in [2.24, 2.45) is 5.92 Å². The fourth-order valence-corrected chi connectivity index (χ4v) is 3.90. The summed E-state index contributed by atoms with van der Waals surface area (Å²) in [6.07, 6.45) is 8.76. The number of methoxy groups -OCH3 is 1. The van der Waals surface area contributed by atoms with Crippen molar-refractivity contribution in [3.63, 3.8) is 0 Å². The van der Waals surface area contributed by atoms with E-state index in [4.69, 9.17) is 4.74 Å². The van der Waals surface area contributed by atoms with Crippen molar-refractivity contribution in [2.75, 3.05) is 20.2 Å². The summed E-state index contributed by atoms with van der Waals surface area (Å²) < 4.78 is 7.58. The van der Waals surface area contributed by atoms with Crippen LogP contribution in [0.1, 0.15) is 36.8 Å². The number of rotatable bonds is 4. The number of aromatic nitrogens is 2. The van der Waals surface area contributed by atoms with Gasteiger partial charge in [-0.3, -0.25) is 4.79 Å². The van der Waals surface area contributed by atoms with Gasteiger partial charge in [0, 0.05) is 31.4 Å². The summed E-state index contributed by atoms with van der Waals surface area (Å²) in [5.74, 6) is 1.62. The van der Waals surface area contributed by atoms with Gasteiger partial charge in [-0.2, -0.15) is 0 Å². The van der Waals surface area contributed by atoms with E-state index in [2.05, 4.69) is 15.6 Å². The Hall–Kier alpha value is -2.30. The molecule has 1 aromatic carbocycles. The van der Waals surface area contributed by atoms with Crippen molar-refractivity contribution in [1.29, 1.82) is 0 Å². The molecule has 1 saturated heterocycles. The van der Waals surface area contributed by atoms with Crippen LogP contribution in [0.4, 0.5) is 0 Å². The molecule has 1 amide bonds. The van der Waals surface area contributed by atoms with E-state index in [1.165, 1.54) is 5.56 Å². The maximum atomic E-state index is 12.9. The molecule has 4 rings (SSSR count). The third-order valence-corrected chi connectivity index (χ3v) is 5.30. The fraction of sp³-hybridized carbons (Fsp3) is 0.474. The molecule has 0 N–H and O–H groups in total. The van der Waals surface area contributed by atoms with Gasteiger partial charge >= 0.3 is 0 Å². The summed E-state index contributed by atoms with van der Waals surface area (Å²) in [4.78, 5) is 19.1. The van der Waals surface area contributed by atoms with Crippen molar-refractivity contribution in [1.82, 2.24) is 14.5 Å². The van der Waals surface area contributed by atoms with Crippen molar-refractivity contribution in [2.45, 2.75) is 31.2 Å². The van der Waals surface area contributed by atoms with Crippen LogP contribution < -0.4 is 4.74 Å². The van der Waals surface area contributed by atoms with Gasteiger partial charge < -0.3 is 14.2 Å². The second-order valence-electron chi connectivity index (χ2n) is 6.78. The quantitative estimate of drug-likeness (QED) is 0.868. The van der Waals surface area contributed by atoms with E-state index in [1.54, 1.807) is 13.3 Å². The maximum Gasteiger partial charge on any atom is 0.226 e. The van der Waals surface area contributed by atoms with Gasteiger partial charge in [-0.05, 0) is 36.8 Å². The largest absolute Gasteiger partial charge is 0.496 e. The standard InChI is InChI=1S/C19H23N3O2/c1-24-18-7-3-2-6-15(18)16-11-17(16)19(23)21-9-4-5-14(12-21)22-10-8-20-13-22/h2-3,6-8,10,13-14,16-17H,4-5,9,11-12H2,1H3. The van der Waals surface area contributed by atoms with Gasteiger partial charge in [0.1, 0.15) is 5.75 Å². The molecule has 2 aliphatic rings. The average Bonchev–Trinajstić information content (AvgIpc) is 3.24. The zero-order valence-corrected chi connectivity index (χ0v) is 14.0. The minimum Gasteiger partial charge on any atom is -0.496 e. The minimum atomic E-state index is 0.114. The predicted octanol–water partition coefficient (Wildman–Crippen LogP) is 2.86. The molecular weight excluding hydrogens is 302 g/mol. The van der Waals surface area contributed by atoms with Crippen LogP contribution in [0.5, 0.6) is 5.75 Å². The summed E-state index contributed by atoms with van der Waals surface area (Å²) in [6.45, 7) is 1.67. The summed E-state index contributed by atoms with van der Waals surface area (Å²) in [5.41, 5.74) is 1.17. The zero-order chi connectivity index (χ0) is 16.5. The van der Waals surface area contributed by atoms with Gasteiger partial charge in [0.25, 0.3) is 0 Å². The first-order chi connectivity index (χ1) is 11.8. The summed E-state index contributed by atoms with van der Waals surface area (Å²) >= 11 is 0. The minimum absolute atomic E-state index is 0.114.